The van der Waals surface area contributed by atoms with Gasteiger partial charge in [0.2, 0.25) is 0 Å². The highest BCUT2D eigenvalue weighted by Crippen LogP contribution is 2.52. The highest BCUT2D eigenvalue weighted by Gasteiger charge is 2.59. The summed E-state index contributed by atoms with van der Waals surface area (Å²) in [4.78, 5) is 25.4. The topological polar surface area (TPSA) is 59.0 Å². The van der Waals surface area contributed by atoms with Crippen molar-refractivity contribution in [1.29, 1.82) is 0 Å². The number of nitrogens with zero attached hydrogens (tertiary/aromatic N) is 2. The number of fused-ring (bicyclic) bond motifs is 5. The Labute approximate surface area is 192 Å². The zero-order valence-electron chi connectivity index (χ0n) is 15.9. The van der Waals surface area contributed by atoms with Gasteiger partial charge in [0, 0.05) is 5.02 Å². The zero-order valence-corrected chi connectivity index (χ0v) is 18.8. The minimum atomic E-state index is -0.228. The molecule has 2 aliphatic carbocycles. The van der Waals surface area contributed by atoms with Crippen molar-refractivity contribution in [3.8, 4) is 5.75 Å². The number of imide groups is 1. The molecule has 1 saturated carbocycles. The average molecular weight is 533 g/mol. The monoisotopic (exact) mass is 532 g/mol. The van der Waals surface area contributed by atoms with Crippen LogP contribution in [-0.2, 0) is 16.2 Å². The predicted molar refractivity (Wildman–Crippen MR) is 122 cm³/mol. The van der Waals surface area contributed by atoms with E-state index in [0.717, 1.165) is 31.9 Å². The molecule has 0 spiro atoms. The number of allylic oxidation sites excluding steroid dienone is 2. The van der Waals surface area contributed by atoms with E-state index in [2.05, 4.69) is 39.8 Å². The molecule has 1 saturated heterocycles. The van der Waals surface area contributed by atoms with Crippen LogP contribution in [0.4, 0.5) is 0 Å². The van der Waals surface area contributed by atoms with E-state index in [0.29, 0.717) is 11.6 Å². The fourth-order valence-corrected chi connectivity index (χ4v) is 5.40. The van der Waals surface area contributed by atoms with Gasteiger partial charge in [-0.2, -0.15) is 10.1 Å². The van der Waals surface area contributed by atoms with Gasteiger partial charge >= 0.3 is 0 Å². The highest BCUT2D eigenvalue weighted by atomic mass is 127. The van der Waals surface area contributed by atoms with Gasteiger partial charge in [0.05, 0.1) is 21.6 Å². The van der Waals surface area contributed by atoms with Crippen molar-refractivity contribution in [1.82, 2.24) is 5.01 Å². The van der Waals surface area contributed by atoms with Crippen LogP contribution in [0.15, 0.2) is 59.7 Å². The zero-order chi connectivity index (χ0) is 20.8. The first-order chi connectivity index (χ1) is 14.5. The van der Waals surface area contributed by atoms with Gasteiger partial charge in [-0.05, 0) is 82.3 Å². The molecule has 2 bridgehead atoms. The fraction of sp³-hybridized carbons (Fsp3) is 0.261. The molecule has 1 heterocycles. The molecule has 0 aromatic heterocycles. The Morgan fingerprint density at radius 1 is 1.07 bits per heavy atom. The maximum Gasteiger partial charge on any atom is 0.254 e. The summed E-state index contributed by atoms with van der Waals surface area (Å²) in [7, 11) is 0. The number of halogens is 2. The van der Waals surface area contributed by atoms with E-state index in [9.17, 15) is 9.59 Å². The number of carbonyl (C=O) groups is 2. The number of carbonyl (C=O) groups excluding carboxylic acids is 2. The molecule has 3 aliphatic rings. The van der Waals surface area contributed by atoms with Gasteiger partial charge in [-0.15, -0.1) is 0 Å². The van der Waals surface area contributed by atoms with Crippen LogP contribution >= 0.6 is 34.2 Å². The third kappa shape index (κ3) is 3.46. The van der Waals surface area contributed by atoms with E-state index in [1.54, 1.807) is 6.21 Å². The van der Waals surface area contributed by atoms with E-state index < -0.39 is 0 Å². The van der Waals surface area contributed by atoms with E-state index in [-0.39, 0.29) is 35.5 Å². The Morgan fingerprint density at radius 2 is 1.73 bits per heavy atom. The summed E-state index contributed by atoms with van der Waals surface area (Å²) in [5.41, 5.74) is 1.83. The Morgan fingerprint density at radius 3 is 2.37 bits per heavy atom. The highest BCUT2D eigenvalue weighted by molar-refractivity contribution is 14.1. The van der Waals surface area contributed by atoms with Crippen LogP contribution in [0.3, 0.4) is 0 Å². The maximum atomic E-state index is 12.7. The number of amides is 2. The van der Waals surface area contributed by atoms with Gasteiger partial charge in [0.1, 0.15) is 12.4 Å². The smallest absolute Gasteiger partial charge is 0.254 e. The quantitative estimate of drug-likeness (QED) is 0.244. The second-order valence-corrected chi connectivity index (χ2v) is 9.44. The largest absolute Gasteiger partial charge is 0.488 e. The van der Waals surface area contributed by atoms with Gasteiger partial charge in [-0.25, -0.2) is 0 Å². The second-order valence-electron chi connectivity index (χ2n) is 7.84. The summed E-state index contributed by atoms with van der Waals surface area (Å²) in [6.45, 7) is 0.441. The maximum absolute atomic E-state index is 12.7. The van der Waals surface area contributed by atoms with Crippen LogP contribution in [-0.4, -0.2) is 23.0 Å². The fourth-order valence-electron chi connectivity index (χ4n) is 4.58. The lowest BCUT2D eigenvalue weighted by atomic mass is 9.85. The standard InChI is InChI=1S/C23H18ClIN2O3/c24-17-6-1-13(2-7-17)12-30-19-8-3-14(9-18(19)25)11-26-27-22(28)20-15-4-5-16(10-15)21(20)23(27)29/h1-9,11,15-16,20-21H,10,12H2/t15-,16-,20-,21+/m0/s1. The molecule has 5 rings (SSSR count). The number of hydrazone groups is 1. The van der Waals surface area contributed by atoms with E-state index in [4.69, 9.17) is 16.3 Å². The molecule has 0 unspecified atom stereocenters. The molecule has 30 heavy (non-hydrogen) atoms. The molecule has 0 N–H and O–H groups in total. The average Bonchev–Trinajstić information content (AvgIpc) is 3.41. The first-order valence-electron chi connectivity index (χ1n) is 9.78. The Balaban J connectivity index is 1.26. The van der Waals surface area contributed by atoms with Gasteiger partial charge in [-0.3, -0.25) is 9.59 Å². The number of benzene rings is 2. The van der Waals surface area contributed by atoms with Crippen LogP contribution in [0.25, 0.3) is 0 Å². The van der Waals surface area contributed by atoms with E-state index in [1.165, 1.54) is 0 Å². The second kappa shape index (κ2) is 7.81. The Kier molecular flexibility index (Phi) is 5.14. The molecule has 1 aliphatic heterocycles. The molecule has 2 aromatic carbocycles. The first-order valence-corrected chi connectivity index (χ1v) is 11.2. The SMILES string of the molecule is O=C1[C@@H]2[C@H](C(=O)N1N=Cc1ccc(OCc3ccc(Cl)cc3)c(I)c1)[C@H]1C=C[C@H]2C1. The van der Waals surface area contributed by atoms with Crippen LogP contribution in [0.1, 0.15) is 17.5 Å². The number of hydrogen-bond donors (Lipinski definition) is 0. The van der Waals surface area contributed by atoms with Crippen molar-refractivity contribution in [3.63, 3.8) is 0 Å². The van der Waals surface area contributed by atoms with Crippen molar-refractivity contribution in [3.05, 3.63) is 74.3 Å². The third-order valence-corrected chi connectivity index (χ3v) is 7.13. The summed E-state index contributed by atoms with van der Waals surface area (Å²) in [6, 6.07) is 13.2. The minimum Gasteiger partial charge on any atom is -0.488 e. The van der Waals surface area contributed by atoms with Crippen molar-refractivity contribution in [2.75, 3.05) is 0 Å². The lowest BCUT2D eigenvalue weighted by Gasteiger charge is -2.13. The lowest BCUT2D eigenvalue weighted by molar-refractivity contribution is -0.140. The summed E-state index contributed by atoms with van der Waals surface area (Å²) in [5.74, 6) is 0.339. The van der Waals surface area contributed by atoms with Gasteiger partial charge in [-0.1, -0.05) is 35.9 Å². The first kappa shape index (κ1) is 19.8. The summed E-state index contributed by atoms with van der Waals surface area (Å²) < 4.78 is 6.81. The van der Waals surface area contributed by atoms with Crippen LogP contribution < -0.4 is 4.74 Å². The van der Waals surface area contributed by atoms with Gasteiger partial charge in [0.15, 0.2) is 0 Å². The van der Waals surface area contributed by atoms with E-state index >= 15 is 0 Å². The van der Waals surface area contributed by atoms with Gasteiger partial charge in [0.25, 0.3) is 11.8 Å². The van der Waals surface area contributed by atoms with Crippen LogP contribution in [0, 0.1) is 27.2 Å². The number of ether oxygens (including phenoxy) is 1. The van der Waals surface area contributed by atoms with Crippen LogP contribution in [0.2, 0.25) is 5.02 Å². The Hall–Kier alpha value is -2.19. The van der Waals surface area contributed by atoms with Crippen molar-refractivity contribution >= 4 is 52.2 Å². The molecule has 152 valence electrons. The lowest BCUT2D eigenvalue weighted by Crippen LogP contribution is -2.28. The third-order valence-electron chi connectivity index (χ3n) is 6.03. The molecule has 2 amide bonds. The Bertz CT molecular complexity index is 1050. The van der Waals surface area contributed by atoms with Crippen molar-refractivity contribution in [2.45, 2.75) is 13.0 Å². The predicted octanol–water partition coefficient (Wildman–Crippen LogP) is 4.66. The molecule has 5 nitrogen and oxygen atoms in total. The molecule has 2 fully saturated rings. The molecule has 4 atom stereocenters. The van der Waals surface area contributed by atoms with Crippen LogP contribution in [0.5, 0.6) is 5.75 Å². The molecular weight excluding hydrogens is 515 g/mol. The van der Waals surface area contributed by atoms with Gasteiger partial charge < -0.3 is 4.74 Å². The molecule has 2 aromatic rings. The van der Waals surface area contributed by atoms with Crippen molar-refractivity contribution in [2.24, 2.45) is 28.8 Å². The number of rotatable bonds is 5. The molecule has 7 heteroatoms. The summed E-state index contributed by atoms with van der Waals surface area (Å²) in [5, 5.41) is 5.99. The normalized spacial score (nSPS) is 26.8. The molecule has 0 radical (unpaired) electrons. The van der Waals surface area contributed by atoms with E-state index in [1.807, 2.05) is 42.5 Å². The summed E-state index contributed by atoms with van der Waals surface area (Å²) >= 11 is 8.11. The molecular formula is C23H18ClIN2O3. The van der Waals surface area contributed by atoms with Crippen molar-refractivity contribution < 1.29 is 14.3 Å². The summed E-state index contributed by atoms with van der Waals surface area (Å²) in [6.07, 6.45) is 6.64. The number of hydrogen-bond acceptors (Lipinski definition) is 4. The minimum absolute atomic E-state index is 0.171.